The fourth-order valence-electron chi connectivity index (χ4n) is 3.94. The second-order valence-electron chi connectivity index (χ2n) is 8.26. The number of rotatable bonds is 7. The molecule has 174 valence electrons. The molecule has 1 amide bonds. The van der Waals surface area contributed by atoms with Crippen LogP contribution in [0.3, 0.4) is 0 Å². The topological polar surface area (TPSA) is 79.5 Å². The first-order chi connectivity index (χ1) is 17.1. The number of aromatic hydroxyl groups is 1. The second kappa shape index (κ2) is 10.0. The number of benzene rings is 4. The average molecular weight is 481 g/mol. The van der Waals surface area contributed by atoms with E-state index in [9.17, 15) is 9.90 Å². The van der Waals surface area contributed by atoms with Crippen LogP contribution in [0.4, 0.5) is 0 Å². The number of nitrogens with one attached hydrogen (secondary N) is 1. The predicted molar refractivity (Wildman–Crippen MR) is 142 cm³/mol. The van der Waals surface area contributed by atoms with E-state index in [0.29, 0.717) is 12.1 Å². The van der Waals surface area contributed by atoms with Gasteiger partial charge in [0, 0.05) is 5.56 Å². The Kier molecular flexibility index (Phi) is 6.50. The van der Waals surface area contributed by atoms with Crippen LogP contribution in [0.15, 0.2) is 95.2 Å². The van der Waals surface area contributed by atoms with E-state index in [0.717, 1.165) is 27.0 Å². The van der Waals surface area contributed by atoms with Crippen LogP contribution in [-0.2, 0) is 11.3 Å². The number of thioether (sulfide) groups is 1. The highest BCUT2D eigenvalue weighted by atomic mass is 32.2. The number of aromatic nitrogens is 2. The van der Waals surface area contributed by atoms with Crippen molar-refractivity contribution in [1.82, 2.24) is 15.0 Å². The summed E-state index contributed by atoms with van der Waals surface area (Å²) in [6, 6.07) is 27.6. The fraction of sp³-hybridized carbons (Fsp3) is 0.107. The van der Waals surface area contributed by atoms with Crippen molar-refractivity contribution in [3.63, 3.8) is 0 Å². The van der Waals surface area contributed by atoms with Crippen molar-refractivity contribution in [2.75, 3.05) is 5.75 Å². The molecule has 0 saturated carbocycles. The van der Waals surface area contributed by atoms with Gasteiger partial charge in [-0.25, -0.2) is 10.4 Å². The summed E-state index contributed by atoms with van der Waals surface area (Å²) < 4.78 is 2.13. The van der Waals surface area contributed by atoms with Crippen molar-refractivity contribution in [1.29, 1.82) is 0 Å². The minimum absolute atomic E-state index is 0.112. The standard InChI is InChI=1S/C28H24N4O2S/c1-19-10-12-20(13-11-19)17-32-25-9-5-4-8-24(25)30-28(32)35-18-27(34)31-29-16-23-22-7-3-2-6-21(22)14-15-26(23)33/h2-16,33H,17-18H2,1H3,(H,31,34)/b29-16+. The number of para-hydroxylation sites is 2. The maximum absolute atomic E-state index is 12.5. The third-order valence-corrected chi connectivity index (χ3v) is 6.72. The van der Waals surface area contributed by atoms with Gasteiger partial charge in [0.1, 0.15) is 5.75 Å². The summed E-state index contributed by atoms with van der Waals surface area (Å²) in [4.78, 5) is 17.3. The second-order valence-corrected chi connectivity index (χ2v) is 9.20. The number of carbonyl (C=O) groups excluding carboxylic acids is 1. The van der Waals surface area contributed by atoms with Gasteiger partial charge in [-0.05, 0) is 41.5 Å². The highest BCUT2D eigenvalue weighted by Gasteiger charge is 2.13. The molecule has 0 radical (unpaired) electrons. The molecule has 0 aliphatic heterocycles. The van der Waals surface area contributed by atoms with Crippen LogP contribution in [0.2, 0.25) is 0 Å². The molecular formula is C28H24N4O2S. The molecule has 6 nitrogen and oxygen atoms in total. The van der Waals surface area contributed by atoms with Gasteiger partial charge in [-0.2, -0.15) is 5.10 Å². The smallest absolute Gasteiger partial charge is 0.250 e. The Hall–Kier alpha value is -4.10. The fourth-order valence-corrected chi connectivity index (χ4v) is 4.75. The van der Waals surface area contributed by atoms with Crippen LogP contribution < -0.4 is 5.43 Å². The third kappa shape index (κ3) is 5.05. The van der Waals surface area contributed by atoms with E-state index in [2.05, 4.69) is 46.3 Å². The molecule has 4 aromatic carbocycles. The number of hydrogen-bond donors (Lipinski definition) is 2. The van der Waals surface area contributed by atoms with Gasteiger partial charge in [-0.3, -0.25) is 4.79 Å². The van der Waals surface area contributed by atoms with E-state index in [1.165, 1.54) is 29.1 Å². The Bertz CT molecular complexity index is 1540. The Morgan fingerprint density at radius 2 is 1.80 bits per heavy atom. The molecular weight excluding hydrogens is 456 g/mol. The minimum atomic E-state index is -0.250. The largest absolute Gasteiger partial charge is 0.507 e. The molecule has 0 bridgehead atoms. The summed E-state index contributed by atoms with van der Waals surface area (Å²) in [7, 11) is 0. The van der Waals surface area contributed by atoms with E-state index in [1.807, 2.05) is 54.6 Å². The van der Waals surface area contributed by atoms with Crippen LogP contribution in [0.5, 0.6) is 5.75 Å². The van der Waals surface area contributed by atoms with Crippen LogP contribution in [0, 0.1) is 6.92 Å². The van der Waals surface area contributed by atoms with Crippen LogP contribution in [-0.4, -0.2) is 32.5 Å². The lowest BCUT2D eigenvalue weighted by molar-refractivity contribution is -0.118. The van der Waals surface area contributed by atoms with Gasteiger partial charge in [0.05, 0.1) is 29.5 Å². The number of fused-ring (bicyclic) bond motifs is 2. The molecule has 5 rings (SSSR count). The van der Waals surface area contributed by atoms with Crippen molar-refractivity contribution >= 4 is 45.7 Å². The number of carbonyl (C=O) groups is 1. The van der Waals surface area contributed by atoms with Crippen molar-refractivity contribution in [2.24, 2.45) is 5.10 Å². The zero-order valence-corrected chi connectivity index (χ0v) is 20.0. The normalized spacial score (nSPS) is 11.5. The monoisotopic (exact) mass is 480 g/mol. The number of amides is 1. The van der Waals surface area contributed by atoms with E-state index in [-0.39, 0.29) is 17.4 Å². The minimum Gasteiger partial charge on any atom is -0.507 e. The first-order valence-electron chi connectivity index (χ1n) is 11.2. The Labute approximate surface area is 207 Å². The first kappa shape index (κ1) is 22.7. The third-order valence-electron chi connectivity index (χ3n) is 5.74. The van der Waals surface area contributed by atoms with Gasteiger partial charge in [-0.15, -0.1) is 0 Å². The number of imidazole rings is 1. The number of phenols is 1. The zero-order valence-electron chi connectivity index (χ0n) is 19.2. The Balaban J connectivity index is 1.29. The average Bonchev–Trinajstić information content (AvgIpc) is 3.22. The summed E-state index contributed by atoms with van der Waals surface area (Å²) in [5, 5.41) is 17.0. The van der Waals surface area contributed by atoms with Crippen molar-refractivity contribution in [3.8, 4) is 5.75 Å². The quantitative estimate of drug-likeness (QED) is 0.183. The summed E-state index contributed by atoms with van der Waals surface area (Å²) in [5.74, 6) is 0.0246. The van der Waals surface area contributed by atoms with E-state index in [4.69, 9.17) is 4.98 Å². The maximum atomic E-state index is 12.5. The predicted octanol–water partition coefficient (Wildman–Crippen LogP) is 5.49. The molecule has 0 fully saturated rings. The zero-order chi connectivity index (χ0) is 24.2. The molecule has 1 aromatic heterocycles. The van der Waals surface area contributed by atoms with Gasteiger partial charge in [0.25, 0.3) is 5.91 Å². The van der Waals surface area contributed by atoms with Crippen LogP contribution in [0.1, 0.15) is 16.7 Å². The Morgan fingerprint density at radius 1 is 1.03 bits per heavy atom. The molecule has 7 heteroatoms. The van der Waals surface area contributed by atoms with Gasteiger partial charge in [-0.1, -0.05) is 84.1 Å². The number of hydrazone groups is 1. The summed E-state index contributed by atoms with van der Waals surface area (Å²) in [5.41, 5.74) is 7.44. The molecule has 0 unspecified atom stereocenters. The molecule has 0 aliphatic rings. The highest BCUT2D eigenvalue weighted by molar-refractivity contribution is 7.99. The van der Waals surface area contributed by atoms with Crippen molar-refractivity contribution in [2.45, 2.75) is 18.6 Å². The number of nitrogens with zero attached hydrogens (tertiary/aromatic N) is 3. The molecule has 0 atom stereocenters. The molecule has 0 aliphatic carbocycles. The number of aryl methyl sites for hydroxylation is 1. The van der Waals surface area contributed by atoms with E-state index in [1.54, 1.807) is 6.07 Å². The van der Waals surface area contributed by atoms with Gasteiger partial charge >= 0.3 is 0 Å². The van der Waals surface area contributed by atoms with Gasteiger partial charge in [0.2, 0.25) is 0 Å². The van der Waals surface area contributed by atoms with Gasteiger partial charge in [0.15, 0.2) is 5.16 Å². The lowest BCUT2D eigenvalue weighted by atomic mass is 10.0. The number of hydrogen-bond acceptors (Lipinski definition) is 5. The van der Waals surface area contributed by atoms with Crippen LogP contribution in [0.25, 0.3) is 21.8 Å². The molecule has 5 aromatic rings. The van der Waals surface area contributed by atoms with Crippen molar-refractivity contribution < 1.29 is 9.90 Å². The summed E-state index contributed by atoms with van der Waals surface area (Å²) in [6.45, 7) is 2.74. The number of phenolic OH excluding ortho intramolecular Hbond substituents is 1. The molecule has 0 spiro atoms. The Morgan fingerprint density at radius 3 is 2.66 bits per heavy atom. The van der Waals surface area contributed by atoms with Gasteiger partial charge < -0.3 is 9.67 Å². The highest BCUT2D eigenvalue weighted by Crippen LogP contribution is 2.26. The van der Waals surface area contributed by atoms with E-state index >= 15 is 0 Å². The maximum Gasteiger partial charge on any atom is 0.250 e. The lowest BCUT2D eigenvalue weighted by Crippen LogP contribution is -2.20. The molecule has 35 heavy (non-hydrogen) atoms. The van der Waals surface area contributed by atoms with E-state index < -0.39 is 0 Å². The van der Waals surface area contributed by atoms with Crippen molar-refractivity contribution in [3.05, 3.63) is 102 Å². The first-order valence-corrected chi connectivity index (χ1v) is 12.2. The molecule has 1 heterocycles. The lowest BCUT2D eigenvalue weighted by Gasteiger charge is -2.09. The van der Waals surface area contributed by atoms with Crippen LogP contribution >= 0.6 is 11.8 Å². The summed E-state index contributed by atoms with van der Waals surface area (Å²) >= 11 is 1.37. The molecule has 2 N–H and O–H groups in total. The SMILES string of the molecule is Cc1ccc(Cn2c(SCC(=O)N/N=C/c3c(O)ccc4ccccc34)nc3ccccc32)cc1. The summed E-state index contributed by atoms with van der Waals surface area (Å²) in [6.07, 6.45) is 1.48. The molecule has 0 saturated heterocycles.